The summed E-state index contributed by atoms with van der Waals surface area (Å²) in [5.74, 6) is 0. The minimum Gasteiger partial charge on any atom is -0.391 e. The van der Waals surface area contributed by atoms with Crippen molar-refractivity contribution >= 4 is 10.1 Å². The molecular weight excluding hydrogens is 152 g/mol. The number of rotatable bonds is 4. The van der Waals surface area contributed by atoms with Crippen molar-refractivity contribution in [3.8, 4) is 0 Å². The molecule has 0 aromatic rings. The summed E-state index contributed by atoms with van der Waals surface area (Å²) in [5, 5.41) is 0. The van der Waals surface area contributed by atoms with Gasteiger partial charge in [0.15, 0.2) is 0 Å². The topological polar surface area (TPSA) is 43.4 Å². The lowest BCUT2D eigenvalue weighted by Crippen LogP contribution is -1.95. The van der Waals surface area contributed by atoms with Gasteiger partial charge in [0, 0.05) is 0 Å². The van der Waals surface area contributed by atoms with Gasteiger partial charge >= 0.3 is 10.1 Å². The van der Waals surface area contributed by atoms with Gasteiger partial charge in [-0.1, -0.05) is 13.3 Å². The van der Waals surface area contributed by atoms with E-state index in [9.17, 15) is 8.42 Å². The minimum atomic E-state index is -3.29. The first kappa shape index (κ1) is 9.49. The van der Waals surface area contributed by atoms with Crippen LogP contribution < -0.4 is 0 Å². The standard InChI is InChI=1S/C6H12O3S/c1-3-4-5-6-9-10(2,7)8/h5-6H,3-4H2,1-2H3/b6-5+. The Hall–Kier alpha value is -0.510. The highest BCUT2D eigenvalue weighted by molar-refractivity contribution is 7.86. The Bertz CT molecular complexity index is 191. The molecule has 0 saturated carbocycles. The Morgan fingerprint density at radius 3 is 2.50 bits per heavy atom. The van der Waals surface area contributed by atoms with E-state index < -0.39 is 10.1 Å². The van der Waals surface area contributed by atoms with E-state index in [1.807, 2.05) is 6.92 Å². The normalized spacial score (nSPS) is 12.2. The molecule has 3 nitrogen and oxygen atoms in total. The quantitative estimate of drug-likeness (QED) is 0.464. The van der Waals surface area contributed by atoms with Crippen molar-refractivity contribution in [1.29, 1.82) is 0 Å². The molecule has 0 aliphatic carbocycles. The fraction of sp³-hybridized carbons (Fsp3) is 0.667. The van der Waals surface area contributed by atoms with Crippen molar-refractivity contribution < 1.29 is 12.6 Å². The molecule has 0 aliphatic rings. The predicted molar refractivity (Wildman–Crippen MR) is 40.0 cm³/mol. The Balaban J connectivity index is 3.55. The second-order valence-electron chi connectivity index (χ2n) is 1.96. The Kier molecular flexibility index (Phi) is 4.11. The van der Waals surface area contributed by atoms with E-state index >= 15 is 0 Å². The summed E-state index contributed by atoms with van der Waals surface area (Å²) in [6.07, 6.45) is 5.74. The van der Waals surface area contributed by atoms with Crippen molar-refractivity contribution in [2.24, 2.45) is 0 Å². The van der Waals surface area contributed by atoms with Crippen LogP contribution in [-0.2, 0) is 14.3 Å². The van der Waals surface area contributed by atoms with Gasteiger partial charge in [0.05, 0.1) is 6.26 Å². The van der Waals surface area contributed by atoms with Gasteiger partial charge in [-0.2, -0.15) is 8.42 Å². The van der Waals surface area contributed by atoms with Gasteiger partial charge in [-0.15, -0.1) is 0 Å². The molecule has 0 atom stereocenters. The third-order valence-electron chi connectivity index (χ3n) is 0.782. The summed E-state index contributed by atoms with van der Waals surface area (Å²) in [5.41, 5.74) is 0. The van der Waals surface area contributed by atoms with E-state index in [2.05, 4.69) is 4.18 Å². The van der Waals surface area contributed by atoms with Crippen molar-refractivity contribution in [3.05, 3.63) is 12.3 Å². The van der Waals surface area contributed by atoms with Crippen LogP contribution >= 0.6 is 0 Å². The van der Waals surface area contributed by atoms with Crippen LogP contribution in [0.2, 0.25) is 0 Å². The maximum atomic E-state index is 10.3. The number of hydrogen-bond donors (Lipinski definition) is 0. The molecule has 10 heavy (non-hydrogen) atoms. The summed E-state index contributed by atoms with van der Waals surface area (Å²) >= 11 is 0. The summed E-state index contributed by atoms with van der Waals surface area (Å²) in [4.78, 5) is 0. The fourth-order valence-corrected chi connectivity index (χ4v) is 0.655. The van der Waals surface area contributed by atoms with Gasteiger partial charge in [-0.3, -0.25) is 0 Å². The largest absolute Gasteiger partial charge is 0.391 e. The van der Waals surface area contributed by atoms with Crippen LogP contribution in [0.4, 0.5) is 0 Å². The summed E-state index contributed by atoms with van der Waals surface area (Å²) < 4.78 is 25.0. The van der Waals surface area contributed by atoms with E-state index in [0.717, 1.165) is 19.1 Å². The van der Waals surface area contributed by atoms with E-state index in [1.165, 1.54) is 6.26 Å². The van der Waals surface area contributed by atoms with Crippen LogP contribution in [0.5, 0.6) is 0 Å². The maximum Gasteiger partial charge on any atom is 0.305 e. The predicted octanol–water partition coefficient (Wildman–Crippen LogP) is 1.28. The van der Waals surface area contributed by atoms with Gasteiger partial charge < -0.3 is 4.18 Å². The molecule has 0 aromatic carbocycles. The molecule has 0 radical (unpaired) electrons. The molecule has 0 rings (SSSR count). The first-order chi connectivity index (χ1) is 4.56. The van der Waals surface area contributed by atoms with E-state index in [1.54, 1.807) is 6.08 Å². The molecule has 0 amide bonds. The average molecular weight is 164 g/mol. The van der Waals surface area contributed by atoms with Crippen LogP contribution in [0.3, 0.4) is 0 Å². The maximum absolute atomic E-state index is 10.3. The third-order valence-corrected chi connectivity index (χ3v) is 1.24. The van der Waals surface area contributed by atoms with Crippen molar-refractivity contribution in [2.45, 2.75) is 19.8 Å². The van der Waals surface area contributed by atoms with E-state index in [4.69, 9.17) is 0 Å². The SMILES string of the molecule is CCC/C=C/OS(C)(=O)=O. The highest BCUT2D eigenvalue weighted by atomic mass is 32.2. The zero-order valence-corrected chi connectivity index (χ0v) is 7.02. The molecule has 0 aliphatic heterocycles. The summed E-state index contributed by atoms with van der Waals surface area (Å²) in [6, 6.07) is 0. The van der Waals surface area contributed by atoms with E-state index in [0.29, 0.717) is 0 Å². The Morgan fingerprint density at radius 2 is 2.10 bits per heavy atom. The lowest BCUT2D eigenvalue weighted by Gasteiger charge is -1.92. The van der Waals surface area contributed by atoms with Gasteiger partial charge in [-0.05, 0) is 12.5 Å². The first-order valence-electron chi connectivity index (χ1n) is 3.09. The molecule has 0 N–H and O–H groups in total. The van der Waals surface area contributed by atoms with Crippen LogP contribution in [0, 0.1) is 0 Å². The molecule has 0 fully saturated rings. The monoisotopic (exact) mass is 164 g/mol. The lowest BCUT2D eigenvalue weighted by atomic mass is 10.3. The van der Waals surface area contributed by atoms with Gasteiger partial charge in [0.2, 0.25) is 0 Å². The van der Waals surface area contributed by atoms with Crippen molar-refractivity contribution in [3.63, 3.8) is 0 Å². The Labute approximate surface area is 61.8 Å². The van der Waals surface area contributed by atoms with Crippen LogP contribution in [-0.4, -0.2) is 14.7 Å². The minimum absolute atomic E-state index is 0.843. The first-order valence-corrected chi connectivity index (χ1v) is 4.91. The fourth-order valence-electron chi connectivity index (χ4n) is 0.375. The molecule has 0 unspecified atom stereocenters. The van der Waals surface area contributed by atoms with Crippen LogP contribution in [0.1, 0.15) is 19.8 Å². The highest BCUT2D eigenvalue weighted by Gasteiger charge is 1.94. The second kappa shape index (κ2) is 4.33. The molecule has 0 saturated heterocycles. The van der Waals surface area contributed by atoms with E-state index in [-0.39, 0.29) is 0 Å². The molecule has 0 spiro atoms. The zero-order chi connectivity index (χ0) is 8.04. The van der Waals surface area contributed by atoms with Crippen LogP contribution in [0.25, 0.3) is 0 Å². The lowest BCUT2D eigenvalue weighted by molar-refractivity contribution is 0.448. The van der Waals surface area contributed by atoms with Gasteiger partial charge in [0.1, 0.15) is 6.26 Å². The molecule has 60 valence electrons. The smallest absolute Gasteiger partial charge is 0.305 e. The van der Waals surface area contributed by atoms with Gasteiger partial charge in [0.25, 0.3) is 0 Å². The molecule has 0 aromatic heterocycles. The van der Waals surface area contributed by atoms with Crippen molar-refractivity contribution in [1.82, 2.24) is 0 Å². The molecule has 0 heterocycles. The summed E-state index contributed by atoms with van der Waals surface area (Å²) in [6.45, 7) is 2.00. The van der Waals surface area contributed by atoms with Crippen molar-refractivity contribution in [2.75, 3.05) is 6.26 Å². The summed E-state index contributed by atoms with van der Waals surface area (Å²) in [7, 11) is -3.29. The Morgan fingerprint density at radius 1 is 1.50 bits per heavy atom. The number of allylic oxidation sites excluding steroid dienone is 1. The molecule has 4 heteroatoms. The highest BCUT2D eigenvalue weighted by Crippen LogP contribution is 1.92. The average Bonchev–Trinajstić information content (AvgIpc) is 1.78. The second-order valence-corrected chi connectivity index (χ2v) is 3.56. The molecular formula is C6H12O3S. The number of hydrogen-bond acceptors (Lipinski definition) is 3. The van der Waals surface area contributed by atoms with Gasteiger partial charge in [-0.25, -0.2) is 0 Å². The third kappa shape index (κ3) is 7.49. The zero-order valence-electron chi connectivity index (χ0n) is 6.20. The number of unbranched alkanes of at least 4 members (excludes halogenated alkanes) is 1. The molecule has 0 bridgehead atoms. The van der Waals surface area contributed by atoms with Crippen LogP contribution in [0.15, 0.2) is 12.3 Å².